The van der Waals surface area contributed by atoms with Crippen molar-refractivity contribution >= 4 is 0 Å². The SMILES string of the molecule is COCCN(CC1(N)C2CCOC2C1(C)C)C(C)COC. The fraction of sp³-hybridized carbons (Fsp3) is 1.00. The van der Waals surface area contributed by atoms with Crippen molar-refractivity contribution in [2.45, 2.75) is 44.9 Å². The molecule has 1 saturated carbocycles. The van der Waals surface area contributed by atoms with Crippen molar-refractivity contribution in [3.63, 3.8) is 0 Å². The molecule has 0 spiro atoms. The maximum atomic E-state index is 6.87. The summed E-state index contributed by atoms with van der Waals surface area (Å²) in [6, 6.07) is 0.336. The van der Waals surface area contributed by atoms with Crippen molar-refractivity contribution in [2.75, 3.05) is 47.1 Å². The summed E-state index contributed by atoms with van der Waals surface area (Å²) in [4.78, 5) is 2.41. The topological polar surface area (TPSA) is 57.0 Å². The Balaban J connectivity index is 2.07. The Morgan fingerprint density at radius 1 is 1.33 bits per heavy atom. The molecule has 1 heterocycles. The Morgan fingerprint density at radius 2 is 2.05 bits per heavy atom. The van der Waals surface area contributed by atoms with E-state index in [0.717, 1.165) is 32.7 Å². The van der Waals surface area contributed by atoms with Gasteiger partial charge >= 0.3 is 0 Å². The predicted molar refractivity (Wildman–Crippen MR) is 83.3 cm³/mol. The van der Waals surface area contributed by atoms with E-state index in [9.17, 15) is 0 Å². The van der Waals surface area contributed by atoms with Crippen molar-refractivity contribution in [1.82, 2.24) is 4.90 Å². The molecule has 0 radical (unpaired) electrons. The summed E-state index contributed by atoms with van der Waals surface area (Å²) in [6.07, 6.45) is 1.41. The Hall–Kier alpha value is -0.200. The Bertz CT molecular complexity index is 350. The summed E-state index contributed by atoms with van der Waals surface area (Å²) in [5.74, 6) is 0.479. The number of ether oxygens (including phenoxy) is 3. The van der Waals surface area contributed by atoms with E-state index >= 15 is 0 Å². The fourth-order valence-corrected chi connectivity index (χ4v) is 4.14. The molecule has 5 heteroatoms. The average molecular weight is 300 g/mol. The second-order valence-corrected chi connectivity index (χ2v) is 7.22. The number of hydrogen-bond donors (Lipinski definition) is 1. The zero-order chi connectivity index (χ0) is 15.7. The van der Waals surface area contributed by atoms with Crippen LogP contribution in [0.3, 0.4) is 0 Å². The van der Waals surface area contributed by atoms with Crippen molar-refractivity contribution in [2.24, 2.45) is 17.1 Å². The van der Waals surface area contributed by atoms with Crippen molar-refractivity contribution < 1.29 is 14.2 Å². The molecule has 0 aromatic rings. The van der Waals surface area contributed by atoms with Gasteiger partial charge in [-0.25, -0.2) is 0 Å². The van der Waals surface area contributed by atoms with Gasteiger partial charge in [-0.3, -0.25) is 4.90 Å². The van der Waals surface area contributed by atoms with Crippen LogP contribution in [-0.2, 0) is 14.2 Å². The van der Waals surface area contributed by atoms with Crippen molar-refractivity contribution in [3.05, 3.63) is 0 Å². The summed E-state index contributed by atoms with van der Waals surface area (Å²) in [6.45, 7) is 10.7. The van der Waals surface area contributed by atoms with E-state index in [1.165, 1.54) is 0 Å². The van der Waals surface area contributed by atoms with Gasteiger partial charge in [0.25, 0.3) is 0 Å². The van der Waals surface area contributed by atoms with Crippen molar-refractivity contribution in [1.29, 1.82) is 0 Å². The standard InChI is InChI=1S/C16H32N2O3/c1-12(10-20-5)18(7-9-19-4)11-16(17)13-6-8-21-14(13)15(16,2)3/h12-14H,6-11,17H2,1-5H3. The summed E-state index contributed by atoms with van der Waals surface area (Å²) in [5, 5.41) is 0. The number of rotatable bonds is 8. The van der Waals surface area contributed by atoms with E-state index in [4.69, 9.17) is 19.9 Å². The highest BCUT2D eigenvalue weighted by atomic mass is 16.5. The molecule has 2 fully saturated rings. The van der Waals surface area contributed by atoms with E-state index in [2.05, 4.69) is 25.7 Å². The summed E-state index contributed by atoms with van der Waals surface area (Å²) < 4.78 is 16.5. The fourth-order valence-electron chi connectivity index (χ4n) is 4.14. The van der Waals surface area contributed by atoms with Gasteiger partial charge in [0.2, 0.25) is 0 Å². The van der Waals surface area contributed by atoms with Crippen LogP contribution in [-0.4, -0.2) is 69.7 Å². The van der Waals surface area contributed by atoms with Crippen LogP contribution in [0.1, 0.15) is 27.2 Å². The van der Waals surface area contributed by atoms with E-state index in [1.807, 2.05) is 0 Å². The highest BCUT2D eigenvalue weighted by Gasteiger charge is 2.67. The van der Waals surface area contributed by atoms with Crippen LogP contribution >= 0.6 is 0 Å². The normalized spacial score (nSPS) is 35.6. The van der Waals surface area contributed by atoms with E-state index in [1.54, 1.807) is 14.2 Å². The van der Waals surface area contributed by atoms with Crippen molar-refractivity contribution in [3.8, 4) is 0 Å². The predicted octanol–water partition coefficient (Wildman–Crippen LogP) is 1.11. The minimum absolute atomic E-state index is 0.0201. The molecule has 2 N–H and O–H groups in total. The Morgan fingerprint density at radius 3 is 2.67 bits per heavy atom. The van der Waals surface area contributed by atoms with Gasteiger partial charge in [0.05, 0.1) is 19.3 Å². The molecule has 1 saturated heterocycles. The van der Waals surface area contributed by atoms with Gasteiger partial charge in [-0.05, 0) is 13.3 Å². The molecule has 124 valence electrons. The van der Waals surface area contributed by atoms with Crippen LogP contribution in [0.4, 0.5) is 0 Å². The largest absolute Gasteiger partial charge is 0.383 e. The lowest BCUT2D eigenvalue weighted by Gasteiger charge is -2.63. The molecule has 21 heavy (non-hydrogen) atoms. The third-order valence-corrected chi connectivity index (χ3v) is 5.74. The van der Waals surface area contributed by atoms with Gasteiger partial charge in [0.15, 0.2) is 0 Å². The molecule has 5 nitrogen and oxygen atoms in total. The highest BCUT2D eigenvalue weighted by Crippen LogP contribution is 2.58. The molecule has 1 aliphatic heterocycles. The van der Waals surface area contributed by atoms with Gasteiger partial charge < -0.3 is 19.9 Å². The van der Waals surface area contributed by atoms with Crippen LogP contribution < -0.4 is 5.73 Å². The second-order valence-electron chi connectivity index (χ2n) is 7.22. The van der Waals surface area contributed by atoms with Gasteiger partial charge in [-0.1, -0.05) is 13.8 Å². The molecule has 0 aromatic carbocycles. The maximum absolute atomic E-state index is 6.87. The number of methoxy groups -OCH3 is 2. The Labute approximate surface area is 129 Å². The lowest BCUT2D eigenvalue weighted by Crippen LogP contribution is -2.78. The zero-order valence-electron chi connectivity index (χ0n) is 14.2. The first-order valence-corrected chi connectivity index (χ1v) is 8.01. The minimum Gasteiger partial charge on any atom is -0.383 e. The van der Waals surface area contributed by atoms with Gasteiger partial charge in [-0.15, -0.1) is 0 Å². The summed E-state index contributed by atoms with van der Waals surface area (Å²) in [7, 11) is 3.49. The Kier molecular flexibility index (Phi) is 5.31. The molecule has 2 aliphatic rings. The van der Waals surface area contributed by atoms with Crippen LogP contribution in [0.5, 0.6) is 0 Å². The molecule has 0 aromatic heterocycles. The number of nitrogens with two attached hydrogens (primary N) is 1. The number of nitrogens with zero attached hydrogens (tertiary/aromatic N) is 1. The molecular weight excluding hydrogens is 268 g/mol. The summed E-state index contributed by atoms with van der Waals surface area (Å²) in [5.41, 5.74) is 6.70. The molecule has 0 bridgehead atoms. The molecular formula is C16H32N2O3. The first-order valence-electron chi connectivity index (χ1n) is 8.01. The first-order chi connectivity index (χ1) is 9.88. The number of fused-ring (bicyclic) bond motifs is 1. The van der Waals surface area contributed by atoms with Crippen LogP contribution in [0.25, 0.3) is 0 Å². The van der Waals surface area contributed by atoms with E-state index in [0.29, 0.717) is 24.7 Å². The molecule has 0 amide bonds. The molecule has 2 rings (SSSR count). The lowest BCUT2D eigenvalue weighted by atomic mass is 9.48. The van der Waals surface area contributed by atoms with E-state index in [-0.39, 0.29) is 11.0 Å². The quantitative estimate of drug-likeness (QED) is 0.728. The minimum atomic E-state index is -0.191. The smallest absolute Gasteiger partial charge is 0.0691 e. The highest BCUT2D eigenvalue weighted by molar-refractivity contribution is 5.21. The monoisotopic (exact) mass is 300 g/mol. The van der Waals surface area contributed by atoms with Crippen LogP contribution in [0.15, 0.2) is 0 Å². The molecule has 1 aliphatic carbocycles. The zero-order valence-corrected chi connectivity index (χ0v) is 14.2. The van der Waals surface area contributed by atoms with Crippen LogP contribution in [0, 0.1) is 11.3 Å². The third kappa shape index (κ3) is 2.86. The van der Waals surface area contributed by atoms with Crippen LogP contribution in [0.2, 0.25) is 0 Å². The van der Waals surface area contributed by atoms with Gasteiger partial charge in [0, 0.05) is 56.8 Å². The average Bonchev–Trinajstić information content (AvgIpc) is 2.91. The number of hydrogen-bond acceptors (Lipinski definition) is 5. The molecule has 4 unspecified atom stereocenters. The lowest BCUT2D eigenvalue weighted by molar-refractivity contribution is -0.166. The third-order valence-electron chi connectivity index (χ3n) is 5.74. The van der Waals surface area contributed by atoms with Gasteiger partial charge in [0.1, 0.15) is 0 Å². The second kappa shape index (κ2) is 6.50. The molecule has 4 atom stereocenters. The van der Waals surface area contributed by atoms with Gasteiger partial charge in [-0.2, -0.15) is 0 Å². The van der Waals surface area contributed by atoms with E-state index < -0.39 is 0 Å². The first kappa shape index (κ1) is 17.2. The summed E-state index contributed by atoms with van der Waals surface area (Å²) >= 11 is 0. The maximum Gasteiger partial charge on any atom is 0.0691 e.